The number of hydrogen-bond donors (Lipinski definition) is 0. The van der Waals surface area contributed by atoms with E-state index in [1.165, 1.54) is 0 Å². The average molecular weight is 233 g/mol. The predicted molar refractivity (Wildman–Crippen MR) is 54.2 cm³/mol. The molecule has 3 heteroatoms. The fourth-order valence-corrected chi connectivity index (χ4v) is 1.63. The van der Waals surface area contributed by atoms with E-state index < -0.39 is 0 Å². The van der Waals surface area contributed by atoms with Gasteiger partial charge in [0.2, 0.25) is 0 Å². The van der Waals surface area contributed by atoms with Crippen molar-refractivity contribution >= 4 is 26.8 Å². The second-order valence-electron chi connectivity index (χ2n) is 2.64. The SMILES string of the molecule is N#Cc1cc2ncccc2cc1Br. The van der Waals surface area contributed by atoms with Crippen molar-refractivity contribution in [2.75, 3.05) is 0 Å². The molecule has 0 radical (unpaired) electrons. The van der Waals surface area contributed by atoms with Gasteiger partial charge in [0, 0.05) is 16.1 Å². The molecule has 1 aromatic heterocycles. The Morgan fingerprint density at radius 3 is 3.00 bits per heavy atom. The van der Waals surface area contributed by atoms with Crippen molar-refractivity contribution in [2.24, 2.45) is 0 Å². The van der Waals surface area contributed by atoms with Crippen LogP contribution in [0.5, 0.6) is 0 Å². The maximum atomic E-state index is 8.77. The number of pyridine rings is 1. The first-order valence-corrected chi connectivity index (χ1v) is 4.55. The summed E-state index contributed by atoms with van der Waals surface area (Å²) < 4.78 is 0.815. The number of benzene rings is 1. The standard InChI is InChI=1S/C10H5BrN2/c11-9-4-7-2-1-3-13-10(7)5-8(9)6-12/h1-5H. The summed E-state index contributed by atoms with van der Waals surface area (Å²) in [4.78, 5) is 4.16. The minimum Gasteiger partial charge on any atom is -0.256 e. The summed E-state index contributed by atoms with van der Waals surface area (Å²) in [5.74, 6) is 0. The predicted octanol–water partition coefficient (Wildman–Crippen LogP) is 2.87. The van der Waals surface area contributed by atoms with Crippen LogP contribution in [0.1, 0.15) is 5.56 Å². The molecule has 2 aromatic rings. The van der Waals surface area contributed by atoms with Crippen LogP contribution in [0.2, 0.25) is 0 Å². The minimum absolute atomic E-state index is 0.617. The Kier molecular flexibility index (Phi) is 1.99. The summed E-state index contributed by atoms with van der Waals surface area (Å²) >= 11 is 3.33. The molecule has 0 atom stereocenters. The number of fused-ring (bicyclic) bond motifs is 1. The van der Waals surface area contributed by atoms with E-state index in [9.17, 15) is 0 Å². The van der Waals surface area contributed by atoms with Gasteiger partial charge in [-0.3, -0.25) is 4.98 Å². The molecule has 0 N–H and O–H groups in total. The molecule has 0 aliphatic rings. The molecule has 1 aromatic carbocycles. The van der Waals surface area contributed by atoms with Crippen LogP contribution < -0.4 is 0 Å². The minimum atomic E-state index is 0.617. The molecule has 0 saturated heterocycles. The Morgan fingerprint density at radius 1 is 1.38 bits per heavy atom. The molecule has 0 fully saturated rings. The van der Waals surface area contributed by atoms with Gasteiger partial charge in [-0.1, -0.05) is 6.07 Å². The normalized spacial score (nSPS) is 9.85. The van der Waals surface area contributed by atoms with Crippen molar-refractivity contribution in [1.82, 2.24) is 4.98 Å². The summed E-state index contributed by atoms with van der Waals surface area (Å²) in [5.41, 5.74) is 1.47. The van der Waals surface area contributed by atoms with Crippen molar-refractivity contribution in [1.29, 1.82) is 5.26 Å². The van der Waals surface area contributed by atoms with Gasteiger partial charge < -0.3 is 0 Å². The first-order valence-electron chi connectivity index (χ1n) is 3.75. The lowest BCUT2D eigenvalue weighted by atomic mass is 10.1. The van der Waals surface area contributed by atoms with Gasteiger partial charge in [0.05, 0.1) is 11.1 Å². The van der Waals surface area contributed by atoms with Crippen LogP contribution in [0.3, 0.4) is 0 Å². The van der Waals surface area contributed by atoms with E-state index >= 15 is 0 Å². The van der Waals surface area contributed by atoms with Gasteiger partial charge in [-0.05, 0) is 34.1 Å². The Balaban J connectivity index is 2.83. The fourth-order valence-electron chi connectivity index (χ4n) is 1.18. The van der Waals surface area contributed by atoms with E-state index in [1.807, 2.05) is 18.2 Å². The van der Waals surface area contributed by atoms with Gasteiger partial charge in [-0.25, -0.2) is 0 Å². The molecule has 0 aliphatic heterocycles. The smallest absolute Gasteiger partial charge is 0.100 e. The lowest BCUT2D eigenvalue weighted by Crippen LogP contribution is -1.81. The maximum absolute atomic E-state index is 8.77. The van der Waals surface area contributed by atoms with Crippen LogP contribution in [0.25, 0.3) is 10.9 Å². The van der Waals surface area contributed by atoms with E-state index in [1.54, 1.807) is 12.3 Å². The topological polar surface area (TPSA) is 36.7 Å². The van der Waals surface area contributed by atoms with Crippen LogP contribution in [-0.2, 0) is 0 Å². The maximum Gasteiger partial charge on any atom is 0.100 e. The third-order valence-corrected chi connectivity index (χ3v) is 2.47. The van der Waals surface area contributed by atoms with E-state index in [2.05, 4.69) is 27.0 Å². The highest BCUT2D eigenvalue weighted by Gasteiger charge is 2.01. The first-order chi connectivity index (χ1) is 6.31. The highest BCUT2D eigenvalue weighted by molar-refractivity contribution is 9.10. The molecular formula is C10H5BrN2. The van der Waals surface area contributed by atoms with Crippen molar-refractivity contribution in [3.8, 4) is 6.07 Å². The molecule has 0 saturated carbocycles. The van der Waals surface area contributed by atoms with Crippen LogP contribution in [-0.4, -0.2) is 4.98 Å². The van der Waals surface area contributed by atoms with Gasteiger partial charge in [0.15, 0.2) is 0 Å². The van der Waals surface area contributed by atoms with Gasteiger partial charge in [0.1, 0.15) is 6.07 Å². The van der Waals surface area contributed by atoms with Gasteiger partial charge in [0.25, 0.3) is 0 Å². The highest BCUT2D eigenvalue weighted by Crippen LogP contribution is 2.22. The van der Waals surface area contributed by atoms with E-state index in [0.717, 1.165) is 15.4 Å². The summed E-state index contributed by atoms with van der Waals surface area (Å²) in [6.45, 7) is 0. The van der Waals surface area contributed by atoms with Crippen LogP contribution in [0.15, 0.2) is 34.9 Å². The van der Waals surface area contributed by atoms with E-state index in [4.69, 9.17) is 5.26 Å². The number of nitrogens with zero attached hydrogens (tertiary/aromatic N) is 2. The van der Waals surface area contributed by atoms with Crippen LogP contribution >= 0.6 is 15.9 Å². The molecule has 62 valence electrons. The van der Waals surface area contributed by atoms with Crippen molar-refractivity contribution < 1.29 is 0 Å². The number of aromatic nitrogens is 1. The summed E-state index contributed by atoms with van der Waals surface area (Å²) in [6.07, 6.45) is 1.72. The number of rotatable bonds is 0. The molecule has 0 spiro atoms. The summed E-state index contributed by atoms with van der Waals surface area (Å²) in [6, 6.07) is 9.62. The van der Waals surface area contributed by atoms with Gasteiger partial charge in [-0.15, -0.1) is 0 Å². The average Bonchev–Trinajstić information content (AvgIpc) is 2.17. The third kappa shape index (κ3) is 1.41. The van der Waals surface area contributed by atoms with Crippen LogP contribution in [0, 0.1) is 11.3 Å². The third-order valence-electron chi connectivity index (χ3n) is 1.81. The zero-order chi connectivity index (χ0) is 9.26. The molecule has 1 heterocycles. The number of nitriles is 1. The molecule has 2 nitrogen and oxygen atoms in total. The molecule has 13 heavy (non-hydrogen) atoms. The van der Waals surface area contributed by atoms with Crippen molar-refractivity contribution in [3.05, 3.63) is 40.5 Å². The van der Waals surface area contributed by atoms with Crippen molar-refractivity contribution in [2.45, 2.75) is 0 Å². The summed E-state index contributed by atoms with van der Waals surface area (Å²) in [5, 5.41) is 9.81. The quantitative estimate of drug-likeness (QED) is 0.701. The Hall–Kier alpha value is -1.40. The lowest BCUT2D eigenvalue weighted by Gasteiger charge is -1.98. The molecular weight excluding hydrogens is 228 g/mol. The first kappa shape index (κ1) is 8.21. The Bertz CT molecular complexity index is 500. The summed E-state index contributed by atoms with van der Waals surface area (Å²) in [7, 11) is 0. The van der Waals surface area contributed by atoms with Crippen molar-refractivity contribution in [3.63, 3.8) is 0 Å². The van der Waals surface area contributed by atoms with E-state index in [-0.39, 0.29) is 0 Å². The second kappa shape index (κ2) is 3.15. The molecule has 0 aliphatic carbocycles. The fraction of sp³-hybridized carbons (Fsp3) is 0. The molecule has 0 bridgehead atoms. The molecule has 2 rings (SSSR count). The molecule has 0 unspecified atom stereocenters. The Labute approximate surface area is 84.0 Å². The van der Waals surface area contributed by atoms with Gasteiger partial charge >= 0.3 is 0 Å². The van der Waals surface area contributed by atoms with E-state index in [0.29, 0.717) is 5.56 Å². The number of halogens is 1. The lowest BCUT2D eigenvalue weighted by molar-refractivity contribution is 1.39. The van der Waals surface area contributed by atoms with Crippen LogP contribution in [0.4, 0.5) is 0 Å². The molecule has 0 amide bonds. The largest absolute Gasteiger partial charge is 0.256 e. The van der Waals surface area contributed by atoms with Gasteiger partial charge in [-0.2, -0.15) is 5.26 Å². The monoisotopic (exact) mass is 232 g/mol. The zero-order valence-electron chi connectivity index (χ0n) is 6.66. The zero-order valence-corrected chi connectivity index (χ0v) is 8.25. The highest BCUT2D eigenvalue weighted by atomic mass is 79.9. The number of hydrogen-bond acceptors (Lipinski definition) is 2. The second-order valence-corrected chi connectivity index (χ2v) is 3.49. The Morgan fingerprint density at radius 2 is 2.23 bits per heavy atom.